The molecule has 0 radical (unpaired) electrons. The number of nitrogens with one attached hydrogen (secondary N) is 1. The van der Waals surface area contributed by atoms with E-state index in [-0.39, 0.29) is 6.09 Å². The van der Waals surface area contributed by atoms with Crippen molar-refractivity contribution in [1.29, 1.82) is 0 Å². The second kappa shape index (κ2) is 9.08. The highest BCUT2D eigenvalue weighted by atomic mass is 32.1. The van der Waals surface area contributed by atoms with Gasteiger partial charge in [-0.1, -0.05) is 0 Å². The number of carbonyl (C=O) groups excluding carboxylic acids is 1. The van der Waals surface area contributed by atoms with E-state index in [9.17, 15) is 4.79 Å². The molecule has 1 aromatic heterocycles. The number of ether oxygens (including phenoxy) is 2. The third-order valence-corrected chi connectivity index (χ3v) is 4.39. The number of thiophene rings is 1. The SMILES string of the molecule is CC(C)(C)OC(=O)NCC/C=C\Oc1csc(CN2CCCC2)c1. The van der Waals surface area contributed by atoms with Gasteiger partial charge in [0.25, 0.3) is 0 Å². The Hall–Kier alpha value is -1.53. The molecule has 134 valence electrons. The molecule has 1 fully saturated rings. The van der Waals surface area contributed by atoms with Crippen molar-refractivity contribution < 1.29 is 14.3 Å². The maximum atomic E-state index is 11.5. The molecule has 1 saturated heterocycles. The van der Waals surface area contributed by atoms with E-state index in [1.54, 1.807) is 17.6 Å². The van der Waals surface area contributed by atoms with Crippen molar-refractivity contribution >= 4 is 17.4 Å². The summed E-state index contributed by atoms with van der Waals surface area (Å²) in [5, 5.41) is 4.75. The molecule has 24 heavy (non-hydrogen) atoms. The third-order valence-electron chi connectivity index (χ3n) is 3.49. The fourth-order valence-electron chi connectivity index (χ4n) is 2.43. The lowest BCUT2D eigenvalue weighted by atomic mass is 10.2. The van der Waals surface area contributed by atoms with Crippen molar-refractivity contribution in [3.05, 3.63) is 28.7 Å². The van der Waals surface area contributed by atoms with Gasteiger partial charge in [-0.2, -0.15) is 0 Å². The lowest BCUT2D eigenvalue weighted by Crippen LogP contribution is -2.32. The van der Waals surface area contributed by atoms with E-state index in [1.165, 1.54) is 30.8 Å². The Morgan fingerprint density at radius 1 is 1.38 bits per heavy atom. The van der Waals surface area contributed by atoms with Gasteiger partial charge in [0.2, 0.25) is 0 Å². The van der Waals surface area contributed by atoms with Crippen LogP contribution in [0.4, 0.5) is 4.79 Å². The number of amides is 1. The minimum Gasteiger partial charge on any atom is -0.464 e. The predicted octanol–water partition coefficient (Wildman–Crippen LogP) is 4.15. The van der Waals surface area contributed by atoms with Gasteiger partial charge in [-0.15, -0.1) is 11.3 Å². The van der Waals surface area contributed by atoms with Crippen LogP contribution >= 0.6 is 11.3 Å². The Bertz CT molecular complexity index is 543. The lowest BCUT2D eigenvalue weighted by Gasteiger charge is -2.19. The Kier molecular flexibility index (Phi) is 7.12. The number of rotatable bonds is 7. The monoisotopic (exact) mass is 352 g/mol. The van der Waals surface area contributed by atoms with E-state index in [0.29, 0.717) is 13.0 Å². The number of nitrogens with zero attached hydrogens (tertiary/aromatic N) is 1. The first-order valence-corrected chi connectivity index (χ1v) is 9.39. The first kappa shape index (κ1) is 18.8. The van der Waals surface area contributed by atoms with Gasteiger partial charge in [0.05, 0.1) is 6.26 Å². The molecular weight excluding hydrogens is 324 g/mol. The van der Waals surface area contributed by atoms with Crippen LogP contribution in [0.3, 0.4) is 0 Å². The van der Waals surface area contributed by atoms with Crippen LogP contribution in [-0.2, 0) is 11.3 Å². The molecule has 2 heterocycles. The summed E-state index contributed by atoms with van der Waals surface area (Å²) in [7, 11) is 0. The zero-order valence-electron chi connectivity index (χ0n) is 14.8. The average Bonchev–Trinajstić information content (AvgIpc) is 3.13. The fourth-order valence-corrected chi connectivity index (χ4v) is 3.27. The number of likely N-dealkylation sites (tertiary alicyclic amines) is 1. The molecule has 1 N–H and O–H groups in total. The van der Waals surface area contributed by atoms with Crippen LogP contribution in [0.15, 0.2) is 23.8 Å². The van der Waals surface area contributed by atoms with Gasteiger partial charge in [0, 0.05) is 23.3 Å². The highest BCUT2D eigenvalue weighted by Crippen LogP contribution is 2.24. The summed E-state index contributed by atoms with van der Waals surface area (Å²) < 4.78 is 10.8. The largest absolute Gasteiger partial charge is 0.464 e. The number of carbonyl (C=O) groups is 1. The zero-order valence-corrected chi connectivity index (χ0v) is 15.7. The Balaban J connectivity index is 1.60. The molecule has 0 spiro atoms. The molecule has 1 aliphatic heterocycles. The molecule has 0 atom stereocenters. The minimum absolute atomic E-state index is 0.388. The molecule has 2 rings (SSSR count). The Morgan fingerprint density at radius 2 is 2.12 bits per heavy atom. The van der Waals surface area contributed by atoms with Crippen molar-refractivity contribution in [2.75, 3.05) is 19.6 Å². The number of hydrogen-bond acceptors (Lipinski definition) is 5. The van der Waals surface area contributed by atoms with Crippen LogP contribution in [0.5, 0.6) is 5.75 Å². The second-order valence-electron chi connectivity index (χ2n) is 6.94. The molecular formula is C18H28N2O3S. The smallest absolute Gasteiger partial charge is 0.407 e. The summed E-state index contributed by atoms with van der Waals surface area (Å²) >= 11 is 1.74. The van der Waals surface area contributed by atoms with Gasteiger partial charge < -0.3 is 14.8 Å². The van der Waals surface area contributed by atoms with Crippen LogP contribution < -0.4 is 10.1 Å². The summed E-state index contributed by atoms with van der Waals surface area (Å²) in [4.78, 5) is 15.3. The summed E-state index contributed by atoms with van der Waals surface area (Å²) in [5.41, 5.74) is -0.464. The first-order valence-electron chi connectivity index (χ1n) is 8.51. The van der Waals surface area contributed by atoms with Crippen molar-refractivity contribution in [3.8, 4) is 5.75 Å². The van der Waals surface area contributed by atoms with Gasteiger partial charge in [-0.05, 0) is 65.3 Å². The van der Waals surface area contributed by atoms with Gasteiger partial charge in [0.15, 0.2) is 0 Å². The van der Waals surface area contributed by atoms with E-state index < -0.39 is 5.60 Å². The molecule has 0 unspecified atom stereocenters. The van der Waals surface area contributed by atoms with Crippen molar-refractivity contribution in [2.45, 2.75) is 52.2 Å². The third kappa shape index (κ3) is 7.36. The summed E-state index contributed by atoms with van der Waals surface area (Å²) in [5.74, 6) is 0.880. The average molecular weight is 353 g/mol. The standard InChI is InChI=1S/C18H28N2O3S/c1-18(2,3)23-17(21)19-8-4-7-11-22-15-12-16(24-14-15)13-20-9-5-6-10-20/h7,11-12,14H,4-6,8-10,13H2,1-3H3,(H,19,21)/b11-7-. The van der Waals surface area contributed by atoms with E-state index in [0.717, 1.165) is 12.3 Å². The zero-order chi connectivity index (χ0) is 17.4. The second-order valence-corrected chi connectivity index (χ2v) is 7.93. The Morgan fingerprint density at radius 3 is 2.83 bits per heavy atom. The van der Waals surface area contributed by atoms with Gasteiger partial charge in [-0.25, -0.2) is 4.79 Å². The molecule has 0 saturated carbocycles. The van der Waals surface area contributed by atoms with Gasteiger partial charge in [-0.3, -0.25) is 4.90 Å². The molecule has 1 aliphatic rings. The molecule has 6 heteroatoms. The topological polar surface area (TPSA) is 50.8 Å². The van der Waals surface area contributed by atoms with E-state index in [1.807, 2.05) is 32.2 Å². The van der Waals surface area contributed by atoms with Crippen molar-refractivity contribution in [3.63, 3.8) is 0 Å². The Labute approximate surface area is 148 Å². The first-order chi connectivity index (χ1) is 11.4. The summed E-state index contributed by atoms with van der Waals surface area (Å²) in [6.45, 7) is 9.50. The maximum Gasteiger partial charge on any atom is 0.407 e. The quantitative estimate of drug-likeness (QED) is 0.591. The molecule has 0 aliphatic carbocycles. The molecule has 1 amide bonds. The van der Waals surface area contributed by atoms with Crippen LogP contribution in [0.1, 0.15) is 44.9 Å². The van der Waals surface area contributed by atoms with Crippen LogP contribution in [0, 0.1) is 0 Å². The summed E-state index contributed by atoms with van der Waals surface area (Å²) in [6, 6.07) is 2.10. The molecule has 5 nitrogen and oxygen atoms in total. The predicted molar refractivity (Wildman–Crippen MR) is 97.5 cm³/mol. The van der Waals surface area contributed by atoms with E-state index >= 15 is 0 Å². The molecule has 1 aromatic rings. The molecule has 0 aromatic carbocycles. The van der Waals surface area contributed by atoms with Gasteiger partial charge in [0.1, 0.15) is 11.4 Å². The van der Waals surface area contributed by atoms with E-state index in [2.05, 4.69) is 16.3 Å². The van der Waals surface area contributed by atoms with Gasteiger partial charge >= 0.3 is 6.09 Å². The fraction of sp³-hybridized carbons (Fsp3) is 0.611. The number of hydrogen-bond donors (Lipinski definition) is 1. The summed E-state index contributed by atoms with van der Waals surface area (Å²) in [6.07, 6.45) is 6.52. The van der Waals surface area contributed by atoms with E-state index in [4.69, 9.17) is 9.47 Å². The van der Waals surface area contributed by atoms with Crippen LogP contribution in [0.2, 0.25) is 0 Å². The maximum absolute atomic E-state index is 11.5. The normalized spacial score (nSPS) is 15.8. The highest BCUT2D eigenvalue weighted by molar-refractivity contribution is 7.10. The van der Waals surface area contributed by atoms with Crippen LogP contribution in [0.25, 0.3) is 0 Å². The highest BCUT2D eigenvalue weighted by Gasteiger charge is 2.15. The van der Waals surface area contributed by atoms with Crippen molar-refractivity contribution in [1.82, 2.24) is 10.2 Å². The van der Waals surface area contributed by atoms with Crippen LogP contribution in [-0.4, -0.2) is 36.2 Å². The minimum atomic E-state index is -0.464. The van der Waals surface area contributed by atoms with Crippen molar-refractivity contribution in [2.24, 2.45) is 0 Å². The number of alkyl carbamates (subject to hydrolysis) is 1. The lowest BCUT2D eigenvalue weighted by molar-refractivity contribution is 0.0529. The molecule has 0 bridgehead atoms.